The summed E-state index contributed by atoms with van der Waals surface area (Å²) in [6.07, 6.45) is 1.74. The van der Waals surface area contributed by atoms with Crippen molar-refractivity contribution in [3.05, 3.63) is 118 Å². The highest BCUT2D eigenvalue weighted by molar-refractivity contribution is 9.10. The highest BCUT2D eigenvalue weighted by atomic mass is 79.9. The quantitative estimate of drug-likeness (QED) is 0.162. The van der Waals surface area contributed by atoms with E-state index in [0.29, 0.717) is 39.4 Å². The molecule has 4 aromatic carbocycles. The third kappa shape index (κ3) is 7.94. The van der Waals surface area contributed by atoms with E-state index in [1.807, 2.05) is 60.7 Å². The maximum atomic E-state index is 12.5. The molecule has 0 unspecified atom stereocenters. The van der Waals surface area contributed by atoms with Gasteiger partial charge in [-0.1, -0.05) is 42.5 Å². The van der Waals surface area contributed by atoms with Crippen LogP contribution in [0.2, 0.25) is 0 Å². The van der Waals surface area contributed by atoms with Crippen LogP contribution in [0.15, 0.2) is 101 Å². The first-order chi connectivity index (χ1) is 19.4. The Morgan fingerprint density at radius 3 is 2.27 bits per heavy atom. The zero-order chi connectivity index (χ0) is 28.3. The Labute approximate surface area is 241 Å². The van der Waals surface area contributed by atoms with E-state index in [4.69, 9.17) is 14.2 Å². The zero-order valence-electron chi connectivity index (χ0n) is 22.0. The van der Waals surface area contributed by atoms with Crippen LogP contribution in [0.3, 0.4) is 0 Å². The molecule has 0 saturated heterocycles. The summed E-state index contributed by atoms with van der Waals surface area (Å²) in [4.78, 5) is 24.9. The van der Waals surface area contributed by atoms with E-state index in [1.54, 1.807) is 44.6 Å². The molecule has 0 saturated carbocycles. The van der Waals surface area contributed by atoms with Gasteiger partial charge in [0, 0.05) is 11.3 Å². The molecule has 9 heteroatoms. The van der Waals surface area contributed by atoms with Gasteiger partial charge in [0.2, 0.25) is 5.91 Å². The van der Waals surface area contributed by atoms with Crippen LogP contribution in [-0.4, -0.2) is 32.2 Å². The van der Waals surface area contributed by atoms with Gasteiger partial charge in [0.05, 0.1) is 31.3 Å². The molecule has 0 bridgehead atoms. The minimum absolute atomic E-state index is 0.162. The van der Waals surface area contributed by atoms with E-state index in [9.17, 15) is 9.59 Å². The van der Waals surface area contributed by atoms with Gasteiger partial charge in [-0.15, -0.1) is 0 Å². The summed E-state index contributed by atoms with van der Waals surface area (Å²) in [7, 11) is 3.15. The largest absolute Gasteiger partial charge is 0.497 e. The van der Waals surface area contributed by atoms with E-state index >= 15 is 0 Å². The van der Waals surface area contributed by atoms with Gasteiger partial charge in [-0.05, 0) is 81.2 Å². The van der Waals surface area contributed by atoms with Crippen molar-refractivity contribution in [3.8, 4) is 17.2 Å². The van der Waals surface area contributed by atoms with Crippen LogP contribution < -0.4 is 25.0 Å². The van der Waals surface area contributed by atoms with E-state index in [2.05, 4.69) is 31.8 Å². The second-order valence-corrected chi connectivity index (χ2v) is 9.51. The number of hydrazone groups is 1. The molecule has 8 nitrogen and oxygen atoms in total. The number of methoxy groups -OCH3 is 2. The number of halogens is 1. The molecule has 0 heterocycles. The van der Waals surface area contributed by atoms with Crippen LogP contribution in [-0.2, 0) is 17.8 Å². The predicted octanol–water partition coefficient (Wildman–Crippen LogP) is 5.99. The Balaban J connectivity index is 1.31. The Bertz CT molecular complexity index is 1470. The number of benzene rings is 4. The molecular weight excluding hydrogens is 574 g/mol. The van der Waals surface area contributed by atoms with Gasteiger partial charge in [0.1, 0.15) is 12.4 Å². The Morgan fingerprint density at radius 1 is 0.875 bits per heavy atom. The van der Waals surface area contributed by atoms with Crippen LogP contribution in [0.1, 0.15) is 27.0 Å². The molecule has 40 heavy (non-hydrogen) atoms. The van der Waals surface area contributed by atoms with Crippen LogP contribution >= 0.6 is 15.9 Å². The monoisotopic (exact) mass is 601 g/mol. The number of nitrogens with zero attached hydrogens (tertiary/aromatic N) is 1. The minimum atomic E-state index is -0.388. The van der Waals surface area contributed by atoms with Gasteiger partial charge < -0.3 is 19.5 Å². The molecule has 0 atom stereocenters. The number of rotatable bonds is 11. The SMILES string of the molecule is COc1ccc(CC(=O)Nc2ccc(C(=O)N/N=C\c3cc(Br)c(OCc4ccccc4)c(OC)c3)cc2)cc1. The topological polar surface area (TPSA) is 98.2 Å². The fraction of sp³-hybridized carbons (Fsp3) is 0.129. The Kier molecular flexibility index (Phi) is 9.90. The highest BCUT2D eigenvalue weighted by Crippen LogP contribution is 2.36. The maximum absolute atomic E-state index is 12.5. The van der Waals surface area contributed by atoms with Crippen molar-refractivity contribution in [1.82, 2.24) is 5.43 Å². The summed E-state index contributed by atoms with van der Waals surface area (Å²) in [6.45, 7) is 0.393. The maximum Gasteiger partial charge on any atom is 0.271 e. The number of hydrogen-bond donors (Lipinski definition) is 2. The van der Waals surface area contributed by atoms with Crippen LogP contribution in [0.25, 0.3) is 0 Å². The molecule has 2 N–H and O–H groups in total. The van der Waals surface area contributed by atoms with Gasteiger partial charge >= 0.3 is 0 Å². The molecule has 0 aliphatic carbocycles. The molecule has 2 amide bonds. The summed E-state index contributed by atoms with van der Waals surface area (Å²) in [5.41, 5.74) is 6.10. The lowest BCUT2D eigenvalue weighted by Crippen LogP contribution is -2.18. The molecule has 0 aliphatic rings. The fourth-order valence-electron chi connectivity index (χ4n) is 3.75. The first kappa shape index (κ1) is 28.4. The van der Waals surface area contributed by atoms with E-state index in [0.717, 1.165) is 16.9 Å². The third-order valence-corrected chi connectivity index (χ3v) is 6.40. The standard InChI is InChI=1S/C31H28BrN3O5/c1-38-26-14-8-21(9-15-26)18-29(36)34-25-12-10-24(11-13-25)31(37)35-33-19-23-16-27(32)30(28(17-23)39-2)40-20-22-6-4-3-5-7-22/h3-17,19H,18,20H2,1-2H3,(H,34,36)(H,35,37)/b33-19-. The molecule has 0 fully saturated rings. The van der Waals surface area contributed by atoms with Crippen molar-refractivity contribution >= 4 is 39.6 Å². The normalized spacial score (nSPS) is 10.7. The lowest BCUT2D eigenvalue weighted by molar-refractivity contribution is -0.115. The van der Waals surface area contributed by atoms with Gasteiger partial charge in [-0.3, -0.25) is 9.59 Å². The summed E-state index contributed by atoms with van der Waals surface area (Å²) in [5, 5.41) is 6.90. The number of anilines is 1. The number of carbonyl (C=O) groups excluding carboxylic acids is 2. The van der Waals surface area contributed by atoms with Crippen LogP contribution in [0.5, 0.6) is 17.2 Å². The van der Waals surface area contributed by atoms with Crippen LogP contribution in [0, 0.1) is 0 Å². The molecule has 4 rings (SSSR count). The number of carbonyl (C=O) groups is 2. The Hall–Kier alpha value is -4.63. The van der Waals surface area contributed by atoms with Crippen LogP contribution in [0.4, 0.5) is 5.69 Å². The lowest BCUT2D eigenvalue weighted by atomic mass is 10.1. The molecule has 0 radical (unpaired) electrons. The Morgan fingerprint density at radius 2 is 1.60 bits per heavy atom. The summed E-state index contributed by atoms with van der Waals surface area (Å²) >= 11 is 3.53. The van der Waals surface area contributed by atoms with Crippen molar-refractivity contribution in [2.24, 2.45) is 5.10 Å². The molecule has 4 aromatic rings. The van der Waals surface area contributed by atoms with Crippen molar-refractivity contribution in [1.29, 1.82) is 0 Å². The minimum Gasteiger partial charge on any atom is -0.497 e. The van der Waals surface area contributed by atoms with Crippen molar-refractivity contribution in [2.45, 2.75) is 13.0 Å². The predicted molar refractivity (Wildman–Crippen MR) is 158 cm³/mol. The number of amides is 2. The van der Waals surface area contributed by atoms with Gasteiger partial charge in [-0.25, -0.2) is 5.43 Å². The molecule has 204 valence electrons. The fourth-order valence-corrected chi connectivity index (χ4v) is 4.33. The second kappa shape index (κ2) is 14.0. The van der Waals surface area contributed by atoms with Crippen molar-refractivity contribution in [2.75, 3.05) is 19.5 Å². The van der Waals surface area contributed by atoms with E-state index in [1.165, 1.54) is 6.21 Å². The second-order valence-electron chi connectivity index (χ2n) is 8.66. The third-order valence-electron chi connectivity index (χ3n) is 5.81. The van der Waals surface area contributed by atoms with Gasteiger partial charge in [-0.2, -0.15) is 5.10 Å². The number of hydrogen-bond acceptors (Lipinski definition) is 6. The molecule has 0 aliphatic heterocycles. The average Bonchev–Trinajstić information content (AvgIpc) is 2.97. The van der Waals surface area contributed by atoms with Crippen molar-refractivity contribution < 1.29 is 23.8 Å². The lowest BCUT2D eigenvalue weighted by Gasteiger charge is -2.13. The van der Waals surface area contributed by atoms with E-state index in [-0.39, 0.29) is 18.2 Å². The first-order valence-corrected chi connectivity index (χ1v) is 13.1. The molecular formula is C31H28BrN3O5. The number of ether oxygens (including phenoxy) is 3. The summed E-state index contributed by atoms with van der Waals surface area (Å²) in [6, 6.07) is 27.3. The number of nitrogens with one attached hydrogen (secondary N) is 2. The van der Waals surface area contributed by atoms with Gasteiger partial charge in [0.25, 0.3) is 5.91 Å². The zero-order valence-corrected chi connectivity index (χ0v) is 23.6. The summed E-state index contributed by atoms with van der Waals surface area (Å²) in [5.74, 6) is 1.29. The molecule has 0 aromatic heterocycles. The van der Waals surface area contributed by atoms with Crippen molar-refractivity contribution in [3.63, 3.8) is 0 Å². The highest BCUT2D eigenvalue weighted by Gasteiger charge is 2.12. The average molecular weight is 602 g/mol. The molecule has 0 spiro atoms. The van der Waals surface area contributed by atoms with E-state index < -0.39 is 0 Å². The smallest absolute Gasteiger partial charge is 0.271 e. The van der Waals surface area contributed by atoms with Gasteiger partial charge in [0.15, 0.2) is 11.5 Å². The first-order valence-electron chi connectivity index (χ1n) is 12.4. The summed E-state index contributed by atoms with van der Waals surface area (Å²) < 4.78 is 17.3.